The quantitative estimate of drug-likeness (QED) is 0.412. The zero-order valence-electron chi connectivity index (χ0n) is 7.15. The Labute approximate surface area is 64.0 Å². The Morgan fingerprint density at radius 3 is 2.10 bits per heavy atom. The van der Waals surface area contributed by atoms with Gasteiger partial charge in [0, 0.05) is 0 Å². The van der Waals surface area contributed by atoms with Gasteiger partial charge in [-0.2, -0.15) is 0 Å². The van der Waals surface area contributed by atoms with Gasteiger partial charge in [-0.15, -0.1) is 0 Å². The molecule has 0 heterocycles. The van der Waals surface area contributed by atoms with Crippen LogP contribution in [0, 0.1) is 5.92 Å². The van der Waals surface area contributed by atoms with E-state index < -0.39 is 0 Å². The van der Waals surface area contributed by atoms with Crippen molar-refractivity contribution in [3.05, 3.63) is 36.5 Å². The van der Waals surface area contributed by atoms with Crippen LogP contribution in [0.25, 0.3) is 0 Å². The van der Waals surface area contributed by atoms with Gasteiger partial charge in [-0.3, -0.25) is 0 Å². The molecule has 0 aliphatic heterocycles. The van der Waals surface area contributed by atoms with Crippen molar-refractivity contribution in [2.45, 2.75) is 20.8 Å². The van der Waals surface area contributed by atoms with Crippen molar-refractivity contribution in [3.63, 3.8) is 0 Å². The first-order valence-electron chi connectivity index (χ1n) is 3.53. The summed E-state index contributed by atoms with van der Waals surface area (Å²) in [5.41, 5.74) is 2.28. The molecule has 0 saturated carbocycles. The molecular formula is C10H16. The molecule has 0 radical (unpaired) electrons. The molecule has 0 N–H and O–H groups in total. The molecule has 0 nitrogen and oxygen atoms in total. The Hall–Kier alpha value is -0.780. The van der Waals surface area contributed by atoms with Gasteiger partial charge in [0.2, 0.25) is 0 Å². The van der Waals surface area contributed by atoms with E-state index in [2.05, 4.69) is 26.2 Å². The van der Waals surface area contributed by atoms with Crippen molar-refractivity contribution in [2.24, 2.45) is 5.92 Å². The Kier molecular flexibility index (Phi) is 3.78. The normalized spacial score (nSPS) is 13.5. The van der Waals surface area contributed by atoms with E-state index in [1.54, 1.807) is 0 Å². The maximum absolute atomic E-state index is 3.85. The summed E-state index contributed by atoms with van der Waals surface area (Å²) >= 11 is 0. The number of allylic oxidation sites excluding steroid dienone is 4. The monoisotopic (exact) mass is 136 g/mol. The maximum Gasteiger partial charge on any atom is -0.00539 e. The lowest BCUT2D eigenvalue weighted by molar-refractivity contribution is 0.867. The number of hydrogen-bond acceptors (Lipinski definition) is 0. The van der Waals surface area contributed by atoms with Crippen molar-refractivity contribution < 1.29 is 0 Å². The minimum Gasteiger partial charge on any atom is -0.0996 e. The van der Waals surface area contributed by atoms with Crippen LogP contribution in [-0.2, 0) is 0 Å². The summed E-state index contributed by atoms with van der Waals surface area (Å²) < 4.78 is 0. The van der Waals surface area contributed by atoms with Crippen LogP contribution in [-0.4, -0.2) is 0 Å². The van der Waals surface area contributed by atoms with Gasteiger partial charge in [0.15, 0.2) is 0 Å². The minimum absolute atomic E-state index is 0.469. The Balaban J connectivity index is 3.89. The molecule has 0 saturated heterocycles. The van der Waals surface area contributed by atoms with Gasteiger partial charge in [-0.25, -0.2) is 0 Å². The average Bonchev–Trinajstić information content (AvgIpc) is 1.82. The lowest BCUT2D eigenvalue weighted by Gasteiger charge is -2.02. The zero-order valence-corrected chi connectivity index (χ0v) is 7.15. The lowest BCUT2D eigenvalue weighted by Crippen LogP contribution is -1.88. The van der Waals surface area contributed by atoms with Crippen molar-refractivity contribution >= 4 is 0 Å². The Bertz CT molecular complexity index is 161. The van der Waals surface area contributed by atoms with Crippen molar-refractivity contribution in [2.75, 3.05) is 0 Å². The molecule has 0 spiro atoms. The van der Waals surface area contributed by atoms with Crippen molar-refractivity contribution in [3.8, 4) is 0 Å². The van der Waals surface area contributed by atoms with Gasteiger partial charge in [0.05, 0.1) is 0 Å². The summed E-state index contributed by atoms with van der Waals surface area (Å²) in [5.74, 6) is 0.469. The summed E-state index contributed by atoms with van der Waals surface area (Å²) in [6, 6.07) is 0. The fraction of sp³-hybridized carbons (Fsp3) is 0.400. The second-order valence-corrected chi connectivity index (χ2v) is 2.84. The van der Waals surface area contributed by atoms with Crippen molar-refractivity contribution in [1.29, 1.82) is 0 Å². The second-order valence-electron chi connectivity index (χ2n) is 2.84. The predicted octanol–water partition coefficient (Wildman–Crippen LogP) is 3.33. The van der Waals surface area contributed by atoms with Crippen LogP contribution < -0.4 is 0 Å². The molecule has 0 aliphatic rings. The van der Waals surface area contributed by atoms with Gasteiger partial charge in [0.1, 0.15) is 0 Å². The van der Waals surface area contributed by atoms with Gasteiger partial charge in [-0.05, 0) is 19.8 Å². The first-order chi connectivity index (χ1) is 4.54. The molecule has 0 aromatic heterocycles. The molecule has 0 rings (SSSR count). The van der Waals surface area contributed by atoms with E-state index in [4.69, 9.17) is 0 Å². The Morgan fingerprint density at radius 2 is 1.80 bits per heavy atom. The zero-order chi connectivity index (χ0) is 8.15. The van der Waals surface area contributed by atoms with E-state index in [1.165, 1.54) is 5.57 Å². The molecular weight excluding hydrogens is 120 g/mol. The molecule has 0 amide bonds. The highest BCUT2D eigenvalue weighted by Gasteiger charge is 1.93. The largest absolute Gasteiger partial charge is 0.0996 e. The van der Waals surface area contributed by atoms with Crippen LogP contribution in [0.15, 0.2) is 36.5 Å². The highest BCUT2D eigenvalue weighted by atomic mass is 14.0. The van der Waals surface area contributed by atoms with E-state index in [9.17, 15) is 0 Å². The highest BCUT2D eigenvalue weighted by Crippen LogP contribution is 2.08. The fourth-order valence-corrected chi connectivity index (χ4v) is 0.473. The van der Waals surface area contributed by atoms with E-state index in [0.717, 1.165) is 5.57 Å². The molecule has 56 valence electrons. The van der Waals surface area contributed by atoms with E-state index in [-0.39, 0.29) is 0 Å². The van der Waals surface area contributed by atoms with Crippen LogP contribution in [0.3, 0.4) is 0 Å². The third kappa shape index (κ3) is 4.13. The SMILES string of the molecule is C=C(C)/C=C\C(C)C(=C)C. The highest BCUT2D eigenvalue weighted by molar-refractivity contribution is 5.15. The predicted molar refractivity (Wildman–Crippen MR) is 47.9 cm³/mol. The fourth-order valence-electron chi connectivity index (χ4n) is 0.473. The van der Waals surface area contributed by atoms with Gasteiger partial charge < -0.3 is 0 Å². The summed E-state index contributed by atoms with van der Waals surface area (Å²) in [6.07, 6.45) is 4.14. The second kappa shape index (κ2) is 4.10. The third-order valence-corrected chi connectivity index (χ3v) is 1.45. The Morgan fingerprint density at radius 1 is 1.30 bits per heavy atom. The van der Waals surface area contributed by atoms with Gasteiger partial charge in [0.25, 0.3) is 0 Å². The standard InChI is InChI=1S/C10H16/c1-8(2)6-7-10(5)9(3)4/h6-7,10H,1,3H2,2,4-5H3/b7-6-. The van der Waals surface area contributed by atoms with E-state index in [0.29, 0.717) is 5.92 Å². The molecule has 0 aromatic carbocycles. The summed E-state index contributed by atoms with van der Waals surface area (Å²) in [4.78, 5) is 0. The van der Waals surface area contributed by atoms with E-state index in [1.807, 2.05) is 19.9 Å². The van der Waals surface area contributed by atoms with E-state index >= 15 is 0 Å². The van der Waals surface area contributed by atoms with Gasteiger partial charge in [-0.1, -0.05) is 43.4 Å². The summed E-state index contributed by atoms with van der Waals surface area (Å²) in [6.45, 7) is 13.8. The molecule has 0 aliphatic carbocycles. The maximum atomic E-state index is 3.85. The number of hydrogen-bond donors (Lipinski definition) is 0. The van der Waals surface area contributed by atoms with Crippen LogP contribution in [0.4, 0.5) is 0 Å². The molecule has 1 atom stereocenters. The minimum atomic E-state index is 0.469. The topological polar surface area (TPSA) is 0 Å². The molecule has 0 fully saturated rings. The first kappa shape index (κ1) is 9.22. The van der Waals surface area contributed by atoms with Crippen molar-refractivity contribution in [1.82, 2.24) is 0 Å². The first-order valence-corrected chi connectivity index (χ1v) is 3.53. The van der Waals surface area contributed by atoms with Crippen LogP contribution >= 0.6 is 0 Å². The van der Waals surface area contributed by atoms with Crippen LogP contribution in [0.5, 0.6) is 0 Å². The van der Waals surface area contributed by atoms with Crippen LogP contribution in [0.1, 0.15) is 20.8 Å². The average molecular weight is 136 g/mol. The van der Waals surface area contributed by atoms with Crippen LogP contribution in [0.2, 0.25) is 0 Å². The number of rotatable bonds is 3. The molecule has 1 unspecified atom stereocenters. The lowest BCUT2D eigenvalue weighted by atomic mass is 10.0. The smallest absolute Gasteiger partial charge is 0.00539 e. The molecule has 10 heavy (non-hydrogen) atoms. The van der Waals surface area contributed by atoms with Gasteiger partial charge >= 0.3 is 0 Å². The third-order valence-electron chi connectivity index (χ3n) is 1.45. The molecule has 0 bridgehead atoms. The molecule has 0 aromatic rings. The summed E-state index contributed by atoms with van der Waals surface area (Å²) in [7, 11) is 0. The molecule has 0 heteroatoms. The summed E-state index contributed by atoms with van der Waals surface area (Å²) in [5, 5.41) is 0.